The zero-order valence-electron chi connectivity index (χ0n) is 11.3. The van der Waals surface area contributed by atoms with Crippen molar-refractivity contribution in [2.75, 3.05) is 5.32 Å². The van der Waals surface area contributed by atoms with E-state index < -0.39 is 6.09 Å². The Morgan fingerprint density at radius 3 is 2.45 bits per heavy atom. The normalized spacial score (nSPS) is 9.65. The van der Waals surface area contributed by atoms with Crippen molar-refractivity contribution >= 4 is 11.8 Å². The van der Waals surface area contributed by atoms with E-state index in [4.69, 9.17) is 10.00 Å². The van der Waals surface area contributed by atoms with Crippen LogP contribution in [0.3, 0.4) is 0 Å². The predicted octanol–water partition coefficient (Wildman–Crippen LogP) is 3.79. The maximum Gasteiger partial charge on any atom is 0.417 e. The van der Waals surface area contributed by atoms with Crippen LogP contribution in [0.25, 0.3) is 0 Å². The molecule has 0 saturated heterocycles. The van der Waals surface area contributed by atoms with Crippen LogP contribution in [0.15, 0.2) is 42.5 Å². The van der Waals surface area contributed by atoms with Gasteiger partial charge in [0.05, 0.1) is 11.6 Å². The van der Waals surface area contributed by atoms with E-state index in [0.717, 1.165) is 11.1 Å². The van der Waals surface area contributed by atoms with Crippen molar-refractivity contribution in [1.29, 1.82) is 5.26 Å². The second kappa shape index (κ2) is 5.89. The molecule has 0 aliphatic carbocycles. The van der Waals surface area contributed by atoms with Crippen LogP contribution in [0.1, 0.15) is 16.7 Å². The van der Waals surface area contributed by atoms with Gasteiger partial charge in [0.2, 0.25) is 0 Å². The Morgan fingerprint density at radius 1 is 1.15 bits per heavy atom. The third-order valence-corrected chi connectivity index (χ3v) is 2.81. The first kappa shape index (κ1) is 13.6. The van der Waals surface area contributed by atoms with E-state index in [1.807, 2.05) is 38.1 Å². The average molecular weight is 266 g/mol. The monoisotopic (exact) mass is 266 g/mol. The Bertz CT molecular complexity index is 670. The number of hydrogen-bond acceptors (Lipinski definition) is 3. The standard InChI is InChI=1S/C16H14N2O2/c1-11-3-8-15(12(2)9-11)18-16(19)20-14-6-4-13(10-17)5-7-14/h3-9H,1-2H3,(H,18,19). The Balaban J connectivity index is 2.03. The van der Waals surface area contributed by atoms with E-state index in [2.05, 4.69) is 5.32 Å². The number of amides is 1. The largest absolute Gasteiger partial charge is 0.417 e. The number of hydrogen-bond donors (Lipinski definition) is 1. The number of benzene rings is 2. The lowest BCUT2D eigenvalue weighted by Crippen LogP contribution is -2.17. The number of carbonyl (C=O) groups is 1. The molecule has 0 saturated carbocycles. The van der Waals surface area contributed by atoms with Crippen molar-refractivity contribution in [1.82, 2.24) is 0 Å². The Hall–Kier alpha value is -2.80. The molecule has 0 heterocycles. The van der Waals surface area contributed by atoms with Crippen LogP contribution < -0.4 is 10.1 Å². The van der Waals surface area contributed by atoms with Gasteiger partial charge in [0.1, 0.15) is 5.75 Å². The van der Waals surface area contributed by atoms with Crippen LogP contribution >= 0.6 is 0 Å². The summed E-state index contributed by atoms with van der Waals surface area (Å²) in [6.45, 7) is 3.91. The molecular formula is C16H14N2O2. The predicted molar refractivity (Wildman–Crippen MR) is 76.7 cm³/mol. The quantitative estimate of drug-likeness (QED) is 0.899. The number of nitrogens with zero attached hydrogens (tertiary/aromatic N) is 1. The van der Waals surface area contributed by atoms with E-state index in [0.29, 0.717) is 17.0 Å². The van der Waals surface area contributed by atoms with Gasteiger partial charge < -0.3 is 4.74 Å². The number of rotatable bonds is 2. The molecule has 1 N–H and O–H groups in total. The number of carbonyl (C=O) groups excluding carboxylic acids is 1. The highest BCUT2D eigenvalue weighted by Crippen LogP contribution is 2.17. The summed E-state index contributed by atoms with van der Waals surface area (Å²) in [5.74, 6) is 0.395. The zero-order valence-corrected chi connectivity index (χ0v) is 11.3. The summed E-state index contributed by atoms with van der Waals surface area (Å²) >= 11 is 0. The fraction of sp³-hybridized carbons (Fsp3) is 0.125. The number of anilines is 1. The van der Waals surface area contributed by atoms with Gasteiger partial charge in [-0.25, -0.2) is 4.79 Å². The highest BCUT2D eigenvalue weighted by molar-refractivity contribution is 5.87. The molecule has 4 nitrogen and oxygen atoms in total. The summed E-state index contributed by atoms with van der Waals surface area (Å²) in [6.07, 6.45) is -0.554. The molecule has 0 aliphatic heterocycles. The molecule has 4 heteroatoms. The molecule has 20 heavy (non-hydrogen) atoms. The van der Waals surface area contributed by atoms with E-state index in [1.165, 1.54) is 0 Å². The van der Waals surface area contributed by atoms with E-state index >= 15 is 0 Å². The Kier molecular flexibility index (Phi) is 4.02. The fourth-order valence-electron chi connectivity index (χ4n) is 1.79. The minimum absolute atomic E-state index is 0.395. The molecule has 100 valence electrons. The summed E-state index contributed by atoms with van der Waals surface area (Å²) in [5, 5.41) is 11.4. The van der Waals surface area contributed by atoms with Gasteiger partial charge in [-0.3, -0.25) is 5.32 Å². The van der Waals surface area contributed by atoms with E-state index in [1.54, 1.807) is 24.3 Å². The number of nitrogens with one attached hydrogen (secondary N) is 1. The third kappa shape index (κ3) is 3.36. The molecule has 0 atom stereocenters. The molecule has 0 bridgehead atoms. The molecule has 2 aromatic rings. The second-order valence-electron chi connectivity index (χ2n) is 4.47. The summed E-state index contributed by atoms with van der Waals surface area (Å²) in [4.78, 5) is 11.8. The van der Waals surface area contributed by atoms with Gasteiger partial charge in [0, 0.05) is 5.69 Å². The second-order valence-corrected chi connectivity index (χ2v) is 4.47. The lowest BCUT2D eigenvalue weighted by atomic mass is 10.1. The van der Waals surface area contributed by atoms with Gasteiger partial charge in [0.15, 0.2) is 0 Å². The van der Waals surface area contributed by atoms with Gasteiger partial charge in [-0.15, -0.1) is 0 Å². The lowest BCUT2D eigenvalue weighted by molar-refractivity contribution is 0.215. The first-order valence-electron chi connectivity index (χ1n) is 6.15. The minimum Gasteiger partial charge on any atom is -0.410 e. The molecule has 0 aliphatic rings. The van der Waals surface area contributed by atoms with Crippen LogP contribution in [0.4, 0.5) is 10.5 Å². The molecule has 0 fully saturated rings. The average Bonchev–Trinajstić information content (AvgIpc) is 2.43. The molecule has 0 unspecified atom stereocenters. The smallest absolute Gasteiger partial charge is 0.410 e. The zero-order chi connectivity index (χ0) is 14.5. The molecule has 0 radical (unpaired) electrons. The maximum absolute atomic E-state index is 11.8. The molecular weight excluding hydrogens is 252 g/mol. The Morgan fingerprint density at radius 2 is 1.85 bits per heavy atom. The molecule has 1 amide bonds. The van der Waals surface area contributed by atoms with Gasteiger partial charge in [-0.05, 0) is 49.7 Å². The van der Waals surface area contributed by atoms with Crippen LogP contribution in [0.5, 0.6) is 5.75 Å². The van der Waals surface area contributed by atoms with Crippen LogP contribution in [-0.4, -0.2) is 6.09 Å². The van der Waals surface area contributed by atoms with Crippen molar-refractivity contribution in [2.24, 2.45) is 0 Å². The van der Waals surface area contributed by atoms with Crippen molar-refractivity contribution in [3.05, 3.63) is 59.2 Å². The number of aryl methyl sites for hydroxylation is 2. The van der Waals surface area contributed by atoms with Gasteiger partial charge in [-0.2, -0.15) is 5.26 Å². The molecule has 2 aromatic carbocycles. The van der Waals surface area contributed by atoms with Crippen LogP contribution in [0, 0.1) is 25.2 Å². The summed E-state index contributed by atoms with van der Waals surface area (Å²) in [5.41, 5.74) is 3.34. The molecule has 2 rings (SSSR count). The topological polar surface area (TPSA) is 62.1 Å². The third-order valence-electron chi connectivity index (χ3n) is 2.81. The highest BCUT2D eigenvalue weighted by atomic mass is 16.6. The first-order chi connectivity index (χ1) is 9.58. The fourth-order valence-corrected chi connectivity index (χ4v) is 1.79. The summed E-state index contributed by atoms with van der Waals surface area (Å²) < 4.78 is 5.14. The van der Waals surface area contributed by atoms with Gasteiger partial charge in [0.25, 0.3) is 0 Å². The molecule has 0 aromatic heterocycles. The lowest BCUT2D eigenvalue weighted by Gasteiger charge is -2.09. The highest BCUT2D eigenvalue weighted by Gasteiger charge is 2.07. The van der Waals surface area contributed by atoms with Crippen molar-refractivity contribution < 1.29 is 9.53 Å². The van der Waals surface area contributed by atoms with Crippen LogP contribution in [-0.2, 0) is 0 Å². The number of nitriles is 1. The maximum atomic E-state index is 11.8. The first-order valence-corrected chi connectivity index (χ1v) is 6.15. The molecule has 0 spiro atoms. The summed E-state index contributed by atoms with van der Waals surface area (Å²) in [6, 6.07) is 14.1. The Labute approximate surface area is 117 Å². The SMILES string of the molecule is Cc1ccc(NC(=O)Oc2ccc(C#N)cc2)c(C)c1. The minimum atomic E-state index is -0.554. The number of ether oxygens (including phenoxy) is 1. The summed E-state index contributed by atoms with van der Waals surface area (Å²) in [7, 11) is 0. The van der Waals surface area contributed by atoms with Gasteiger partial charge in [-0.1, -0.05) is 17.7 Å². The van der Waals surface area contributed by atoms with Crippen LogP contribution in [0.2, 0.25) is 0 Å². The van der Waals surface area contributed by atoms with Crippen molar-refractivity contribution in [2.45, 2.75) is 13.8 Å². The van der Waals surface area contributed by atoms with Gasteiger partial charge >= 0.3 is 6.09 Å². The van der Waals surface area contributed by atoms with Crippen molar-refractivity contribution in [3.63, 3.8) is 0 Å². The van der Waals surface area contributed by atoms with E-state index in [9.17, 15) is 4.79 Å². The van der Waals surface area contributed by atoms with E-state index in [-0.39, 0.29) is 0 Å². The van der Waals surface area contributed by atoms with Crippen molar-refractivity contribution in [3.8, 4) is 11.8 Å².